The number of aromatic amines is 1. The van der Waals surface area contributed by atoms with E-state index < -0.39 is 7.92 Å². The van der Waals surface area contributed by atoms with Gasteiger partial charge in [-0.3, -0.25) is 5.10 Å². The first-order valence-electron chi connectivity index (χ1n) is 8.18. The first kappa shape index (κ1) is 23.6. The largest absolute Gasteiger partial charge is 0.0622 e. The number of rotatable bonds is 3. The fourth-order valence-corrected chi connectivity index (χ4v) is 5.00. The van der Waals surface area contributed by atoms with E-state index in [1.807, 2.05) is 6.20 Å². The smallest absolute Gasteiger partial charge is 0.0134 e. The summed E-state index contributed by atoms with van der Waals surface area (Å²) in [7, 11) is 9.18. The molecule has 0 saturated carbocycles. The molecule has 0 atom stereocenters. The Hall–Kier alpha value is -0.728. The first-order valence-corrected chi connectivity index (χ1v) is 14.6. The van der Waals surface area contributed by atoms with Crippen molar-refractivity contribution >= 4 is 65.5 Å². The number of nitrogens with one attached hydrogen (secondary N) is 1. The van der Waals surface area contributed by atoms with Gasteiger partial charge in [0.2, 0.25) is 0 Å². The van der Waals surface area contributed by atoms with Crippen molar-refractivity contribution in [2.45, 2.75) is 0 Å². The van der Waals surface area contributed by atoms with Crippen LogP contribution in [0.1, 0.15) is 0 Å². The Morgan fingerprint density at radius 2 is 1.07 bits per heavy atom. The zero-order chi connectivity index (χ0) is 20.0. The van der Waals surface area contributed by atoms with Crippen LogP contribution in [0.15, 0.2) is 103 Å². The Balaban J connectivity index is 0.000000260. The summed E-state index contributed by atoms with van der Waals surface area (Å²) in [6.07, 6.45) is 3.60. The zero-order valence-corrected chi connectivity index (χ0v) is 20.8. The third kappa shape index (κ3) is 8.33. The van der Waals surface area contributed by atoms with Gasteiger partial charge in [0.25, 0.3) is 0 Å². The van der Waals surface area contributed by atoms with Crippen molar-refractivity contribution < 1.29 is 15.9 Å². The second kappa shape index (κ2) is 14.3. The van der Waals surface area contributed by atoms with Crippen molar-refractivity contribution in [3.8, 4) is 0 Å². The van der Waals surface area contributed by atoms with Gasteiger partial charge in [-0.05, 0) is 46.4 Å². The Morgan fingerprint density at radius 1 is 0.714 bits per heavy atom. The first-order chi connectivity index (χ1) is 13.8. The minimum absolute atomic E-state index is 0.106. The number of H-pyrrole nitrogens is 1. The van der Waals surface area contributed by atoms with Crippen LogP contribution in [0, 0.1) is 3.57 Å². The molecule has 0 aliphatic rings. The van der Waals surface area contributed by atoms with Crippen LogP contribution in [0.4, 0.5) is 0 Å². The summed E-state index contributed by atoms with van der Waals surface area (Å²) < 4.78 is 1.15. The SMILES string of the molecule is Ic1cn[nH]c1.[Cl][Pd][Cl].c1ccc(P(c2ccccc2)c2ccccc2)cc1. The van der Waals surface area contributed by atoms with Crippen molar-refractivity contribution in [3.63, 3.8) is 0 Å². The van der Waals surface area contributed by atoms with Crippen LogP contribution in [0.25, 0.3) is 0 Å². The summed E-state index contributed by atoms with van der Waals surface area (Å²) in [5, 5.41) is 10.6. The predicted molar refractivity (Wildman–Crippen MR) is 128 cm³/mol. The van der Waals surface area contributed by atoms with Crippen molar-refractivity contribution in [1.82, 2.24) is 10.2 Å². The molecule has 0 aliphatic heterocycles. The molecule has 0 amide bonds. The molecule has 7 heteroatoms. The van der Waals surface area contributed by atoms with Crippen molar-refractivity contribution in [2.75, 3.05) is 0 Å². The molecule has 0 radical (unpaired) electrons. The maximum atomic E-state index is 4.81. The maximum Gasteiger partial charge on any atom is -0.0134 e. The predicted octanol–water partition coefficient (Wildman–Crippen LogP) is 5.84. The summed E-state index contributed by atoms with van der Waals surface area (Å²) in [6.45, 7) is 0. The molecule has 4 rings (SSSR count). The van der Waals surface area contributed by atoms with Gasteiger partial charge in [-0.2, -0.15) is 5.10 Å². The van der Waals surface area contributed by atoms with Gasteiger partial charge >= 0.3 is 35.0 Å². The standard InChI is InChI=1S/C18H15P.C3H3IN2.2ClH.Pd/c1-4-10-16(11-5-1)19(17-12-6-2-7-13-17)18-14-8-3-9-15-18;4-3-1-5-6-2-3;;;/h1-15H;1-2H,(H,5,6);2*1H;/q;;;;+2/p-2. The van der Waals surface area contributed by atoms with Crippen LogP contribution in [0.5, 0.6) is 0 Å². The average molecular weight is 634 g/mol. The normalized spacial score (nSPS) is 9.86. The van der Waals surface area contributed by atoms with Crippen LogP contribution >= 0.6 is 49.6 Å². The van der Waals surface area contributed by atoms with Crippen molar-refractivity contribution in [1.29, 1.82) is 0 Å². The summed E-state index contributed by atoms with van der Waals surface area (Å²) in [5.41, 5.74) is 0. The summed E-state index contributed by atoms with van der Waals surface area (Å²) in [6, 6.07) is 32.3. The van der Waals surface area contributed by atoms with E-state index >= 15 is 0 Å². The van der Waals surface area contributed by atoms with Crippen LogP contribution in [0.2, 0.25) is 0 Å². The molecule has 1 aromatic heterocycles. The topological polar surface area (TPSA) is 28.7 Å². The molecule has 28 heavy (non-hydrogen) atoms. The second-order valence-corrected chi connectivity index (χ2v) is 11.1. The summed E-state index contributed by atoms with van der Waals surface area (Å²) in [4.78, 5) is 0. The van der Waals surface area contributed by atoms with E-state index in [0.717, 1.165) is 3.57 Å². The van der Waals surface area contributed by atoms with Gasteiger partial charge in [0.15, 0.2) is 0 Å². The monoisotopic (exact) mass is 632 g/mol. The fourth-order valence-electron chi connectivity index (χ4n) is 2.41. The van der Waals surface area contributed by atoms with Gasteiger partial charge < -0.3 is 0 Å². The number of aromatic nitrogens is 2. The molecule has 1 heterocycles. The third-order valence-corrected chi connectivity index (χ3v) is 6.54. The molecule has 4 aromatic rings. The zero-order valence-electron chi connectivity index (χ0n) is 14.7. The number of nitrogens with zero attached hydrogens (tertiary/aromatic N) is 1. The summed E-state index contributed by atoms with van der Waals surface area (Å²) >= 11 is 2.08. The van der Waals surface area contributed by atoms with E-state index in [0.29, 0.717) is 0 Å². The van der Waals surface area contributed by atoms with E-state index in [1.54, 1.807) is 6.20 Å². The number of hydrogen-bond donors (Lipinski definition) is 1. The third-order valence-electron chi connectivity index (χ3n) is 3.51. The van der Waals surface area contributed by atoms with Gasteiger partial charge in [0.1, 0.15) is 0 Å². The molecule has 0 unspecified atom stereocenters. The van der Waals surface area contributed by atoms with Crippen LogP contribution in [-0.4, -0.2) is 10.2 Å². The van der Waals surface area contributed by atoms with E-state index in [2.05, 4.69) is 124 Å². The Kier molecular flexibility index (Phi) is 12.0. The molecule has 0 aliphatic carbocycles. The minimum atomic E-state index is -0.446. The van der Waals surface area contributed by atoms with Gasteiger partial charge in [-0.15, -0.1) is 0 Å². The molecule has 0 spiro atoms. The molecule has 0 fully saturated rings. The van der Waals surface area contributed by atoms with E-state index in [9.17, 15) is 0 Å². The minimum Gasteiger partial charge on any atom is -0.0622 e. The Bertz CT molecular complexity index is 788. The van der Waals surface area contributed by atoms with Gasteiger partial charge in [0, 0.05) is 6.20 Å². The van der Waals surface area contributed by atoms with E-state index in [1.165, 1.54) is 15.9 Å². The van der Waals surface area contributed by atoms with Gasteiger partial charge in [0.05, 0.1) is 9.77 Å². The van der Waals surface area contributed by atoms with E-state index in [-0.39, 0.29) is 15.9 Å². The Morgan fingerprint density at radius 3 is 1.29 bits per heavy atom. The van der Waals surface area contributed by atoms with Crippen molar-refractivity contribution in [3.05, 3.63) is 107 Å². The van der Waals surface area contributed by atoms with Gasteiger partial charge in [-0.25, -0.2) is 0 Å². The van der Waals surface area contributed by atoms with Gasteiger partial charge in [-0.1, -0.05) is 91.0 Å². The average Bonchev–Trinajstić information content (AvgIpc) is 3.23. The molecular weight excluding hydrogens is 615 g/mol. The Labute approximate surface area is 197 Å². The fraction of sp³-hybridized carbons (Fsp3) is 0. The van der Waals surface area contributed by atoms with E-state index in [4.69, 9.17) is 19.1 Å². The molecule has 0 bridgehead atoms. The van der Waals surface area contributed by atoms with Crippen LogP contribution < -0.4 is 15.9 Å². The number of benzene rings is 3. The van der Waals surface area contributed by atoms with Crippen molar-refractivity contribution in [2.24, 2.45) is 0 Å². The number of hydrogen-bond acceptors (Lipinski definition) is 1. The molecule has 148 valence electrons. The molecule has 2 nitrogen and oxygen atoms in total. The maximum absolute atomic E-state index is 4.81. The number of halogens is 3. The molecule has 3 aromatic carbocycles. The second-order valence-electron chi connectivity index (χ2n) is 5.30. The molecule has 1 N–H and O–H groups in total. The quantitative estimate of drug-likeness (QED) is 0.172. The van der Waals surface area contributed by atoms with Crippen LogP contribution in [-0.2, 0) is 15.9 Å². The molecule has 0 saturated heterocycles. The summed E-state index contributed by atoms with van der Waals surface area (Å²) in [5.74, 6) is 0. The molecular formula is C21H18Cl2IN2PPd. The van der Waals surface area contributed by atoms with Crippen LogP contribution in [0.3, 0.4) is 0 Å².